The van der Waals surface area contributed by atoms with Crippen LogP contribution in [0.1, 0.15) is 12.5 Å². The van der Waals surface area contributed by atoms with Gasteiger partial charge in [0.2, 0.25) is 5.91 Å². The number of carbonyl (C=O) groups excluding carboxylic acids is 1. The molecule has 1 fully saturated rings. The first-order valence-electron chi connectivity index (χ1n) is 7.43. The van der Waals surface area contributed by atoms with Crippen LogP contribution in [0.3, 0.4) is 0 Å². The van der Waals surface area contributed by atoms with Crippen LogP contribution in [-0.4, -0.2) is 36.5 Å². The summed E-state index contributed by atoms with van der Waals surface area (Å²) in [5.41, 5.74) is 2.45. The monoisotopic (exact) mass is 300 g/mol. The van der Waals surface area contributed by atoms with Gasteiger partial charge in [0, 0.05) is 24.5 Å². The topological polar surface area (TPSA) is 32.3 Å². The lowest BCUT2D eigenvalue weighted by molar-refractivity contribution is -0.135. The molecule has 0 bridgehead atoms. The van der Waals surface area contributed by atoms with Gasteiger partial charge < -0.3 is 10.2 Å². The summed E-state index contributed by atoms with van der Waals surface area (Å²) in [6.07, 6.45) is 0.758. The largest absolute Gasteiger partial charge is 0.340 e. The normalized spacial score (nSPS) is 19.0. The van der Waals surface area contributed by atoms with Gasteiger partial charge in [0.1, 0.15) is 0 Å². The van der Waals surface area contributed by atoms with Gasteiger partial charge in [-0.1, -0.05) is 30.3 Å². The summed E-state index contributed by atoms with van der Waals surface area (Å²) in [5, 5.41) is 5.44. The first kappa shape index (κ1) is 14.3. The Bertz CT molecular complexity index is 609. The van der Waals surface area contributed by atoms with Crippen molar-refractivity contribution in [3.63, 3.8) is 0 Å². The van der Waals surface area contributed by atoms with Gasteiger partial charge in [-0.3, -0.25) is 4.79 Å². The van der Waals surface area contributed by atoms with E-state index in [0.717, 1.165) is 26.1 Å². The molecule has 0 saturated carbocycles. The second-order valence-corrected chi connectivity index (χ2v) is 6.25. The van der Waals surface area contributed by atoms with E-state index in [2.05, 4.69) is 47.1 Å². The lowest BCUT2D eigenvalue weighted by atomic mass is 10.0. The molecule has 1 aromatic carbocycles. The summed E-state index contributed by atoms with van der Waals surface area (Å²) in [7, 11) is 0. The molecule has 3 nitrogen and oxygen atoms in total. The lowest BCUT2D eigenvalue weighted by Gasteiger charge is -2.32. The molecule has 0 spiro atoms. The first-order chi connectivity index (χ1) is 10.3. The summed E-state index contributed by atoms with van der Waals surface area (Å²) in [6, 6.07) is 12.6. The van der Waals surface area contributed by atoms with Crippen LogP contribution >= 0.6 is 11.3 Å². The molecule has 1 aliphatic rings. The third kappa shape index (κ3) is 3.17. The van der Waals surface area contributed by atoms with Crippen LogP contribution in [0.15, 0.2) is 41.8 Å². The Kier molecular flexibility index (Phi) is 4.36. The molecule has 2 heterocycles. The quantitative estimate of drug-likeness (QED) is 0.941. The second-order valence-electron chi connectivity index (χ2n) is 5.31. The third-order valence-electron chi connectivity index (χ3n) is 3.94. The van der Waals surface area contributed by atoms with Gasteiger partial charge in [0.05, 0.1) is 6.04 Å². The number of likely N-dealkylation sites (N-methyl/N-ethyl adjacent to an activating group) is 1. The van der Waals surface area contributed by atoms with E-state index in [-0.39, 0.29) is 11.9 Å². The molecule has 0 radical (unpaired) electrons. The maximum atomic E-state index is 12.3. The van der Waals surface area contributed by atoms with Crippen molar-refractivity contribution in [2.75, 3.05) is 19.6 Å². The number of hydrogen-bond donors (Lipinski definition) is 1. The van der Waals surface area contributed by atoms with Gasteiger partial charge in [0.15, 0.2) is 0 Å². The van der Waals surface area contributed by atoms with Crippen LogP contribution < -0.4 is 5.32 Å². The molecule has 1 aliphatic heterocycles. The van der Waals surface area contributed by atoms with Crippen LogP contribution in [0.2, 0.25) is 0 Å². The molecule has 1 amide bonds. The highest BCUT2D eigenvalue weighted by molar-refractivity contribution is 7.13. The van der Waals surface area contributed by atoms with Crippen LogP contribution in [0.5, 0.6) is 0 Å². The predicted molar refractivity (Wildman–Crippen MR) is 87.5 cm³/mol. The molecular weight excluding hydrogens is 280 g/mol. The molecule has 1 saturated heterocycles. The van der Waals surface area contributed by atoms with E-state index in [0.29, 0.717) is 0 Å². The Morgan fingerprint density at radius 3 is 3.00 bits per heavy atom. The second kappa shape index (κ2) is 6.41. The van der Waals surface area contributed by atoms with Gasteiger partial charge in [-0.15, -0.1) is 11.3 Å². The molecule has 1 atom stereocenters. The minimum atomic E-state index is -0.0858. The van der Waals surface area contributed by atoms with Crippen molar-refractivity contribution in [1.82, 2.24) is 10.2 Å². The molecular formula is C17H20N2OS. The number of nitrogens with one attached hydrogen (secondary N) is 1. The number of nitrogens with zero attached hydrogens (tertiary/aromatic N) is 1. The molecule has 21 heavy (non-hydrogen) atoms. The van der Waals surface area contributed by atoms with E-state index in [1.165, 1.54) is 16.0 Å². The zero-order valence-electron chi connectivity index (χ0n) is 12.2. The Labute approximate surface area is 129 Å². The number of thiophene rings is 1. The summed E-state index contributed by atoms with van der Waals surface area (Å²) in [5.74, 6) is 0.227. The van der Waals surface area contributed by atoms with Gasteiger partial charge in [-0.2, -0.15) is 0 Å². The number of piperazine rings is 1. The zero-order chi connectivity index (χ0) is 14.7. The van der Waals surface area contributed by atoms with Gasteiger partial charge >= 0.3 is 0 Å². The third-order valence-corrected chi connectivity index (χ3v) is 4.86. The van der Waals surface area contributed by atoms with Crippen molar-refractivity contribution in [2.45, 2.75) is 19.4 Å². The van der Waals surface area contributed by atoms with E-state index < -0.39 is 0 Å². The highest BCUT2D eigenvalue weighted by Crippen LogP contribution is 2.25. The van der Waals surface area contributed by atoms with Crippen molar-refractivity contribution in [1.29, 1.82) is 0 Å². The minimum absolute atomic E-state index is 0.0858. The Balaban J connectivity index is 1.76. The zero-order valence-corrected chi connectivity index (χ0v) is 13.0. The molecule has 1 aromatic heterocycles. The smallest absolute Gasteiger partial charge is 0.240 e. The molecule has 0 aliphatic carbocycles. The van der Waals surface area contributed by atoms with E-state index in [1.807, 2.05) is 11.8 Å². The molecule has 110 valence electrons. The van der Waals surface area contributed by atoms with Gasteiger partial charge in [0.25, 0.3) is 0 Å². The number of rotatable bonds is 4. The van der Waals surface area contributed by atoms with Crippen LogP contribution in [0.25, 0.3) is 10.4 Å². The fraction of sp³-hybridized carbons (Fsp3) is 0.353. The first-order valence-corrected chi connectivity index (χ1v) is 8.31. The summed E-state index contributed by atoms with van der Waals surface area (Å²) < 4.78 is 0. The van der Waals surface area contributed by atoms with E-state index >= 15 is 0 Å². The van der Waals surface area contributed by atoms with Crippen molar-refractivity contribution in [3.8, 4) is 10.4 Å². The maximum Gasteiger partial charge on any atom is 0.240 e. The van der Waals surface area contributed by atoms with Crippen LogP contribution in [-0.2, 0) is 11.2 Å². The average Bonchev–Trinajstić information content (AvgIpc) is 3.04. The Morgan fingerprint density at radius 2 is 2.24 bits per heavy atom. The Hall–Kier alpha value is -1.65. The molecule has 3 rings (SSSR count). The fourth-order valence-corrected chi connectivity index (χ4v) is 3.52. The fourth-order valence-electron chi connectivity index (χ4n) is 2.80. The predicted octanol–water partition coefficient (Wildman–Crippen LogP) is 2.78. The summed E-state index contributed by atoms with van der Waals surface area (Å²) >= 11 is 1.74. The summed E-state index contributed by atoms with van der Waals surface area (Å²) in [6.45, 7) is 4.54. The van der Waals surface area contributed by atoms with E-state index in [9.17, 15) is 4.79 Å². The number of amides is 1. The number of benzene rings is 1. The van der Waals surface area contributed by atoms with Gasteiger partial charge in [-0.25, -0.2) is 0 Å². The highest BCUT2D eigenvalue weighted by atomic mass is 32.1. The summed E-state index contributed by atoms with van der Waals surface area (Å²) in [4.78, 5) is 15.5. The van der Waals surface area contributed by atoms with Crippen molar-refractivity contribution in [2.24, 2.45) is 0 Å². The number of hydrogen-bond acceptors (Lipinski definition) is 3. The van der Waals surface area contributed by atoms with Gasteiger partial charge in [-0.05, 0) is 35.9 Å². The standard InChI is InChI=1S/C17H20N2OS/c1-2-19-9-8-18-15(17(19)20)12-13-5-3-6-14(11-13)16-7-4-10-21-16/h3-7,10-11,15,18H,2,8-9,12H2,1H3/t15-/m1/s1. The van der Waals surface area contributed by atoms with Crippen molar-refractivity contribution in [3.05, 3.63) is 47.3 Å². The van der Waals surface area contributed by atoms with Crippen LogP contribution in [0, 0.1) is 0 Å². The maximum absolute atomic E-state index is 12.3. The highest BCUT2D eigenvalue weighted by Gasteiger charge is 2.27. The molecule has 2 aromatic rings. The molecule has 1 N–H and O–H groups in total. The SMILES string of the molecule is CCN1CCN[C@H](Cc2cccc(-c3cccs3)c2)C1=O. The molecule has 4 heteroatoms. The molecule has 0 unspecified atom stereocenters. The van der Waals surface area contributed by atoms with Crippen LogP contribution in [0.4, 0.5) is 0 Å². The average molecular weight is 300 g/mol. The lowest BCUT2D eigenvalue weighted by Crippen LogP contribution is -2.55. The van der Waals surface area contributed by atoms with E-state index in [4.69, 9.17) is 0 Å². The van der Waals surface area contributed by atoms with Crippen molar-refractivity contribution >= 4 is 17.2 Å². The van der Waals surface area contributed by atoms with E-state index in [1.54, 1.807) is 11.3 Å². The van der Waals surface area contributed by atoms with Crippen molar-refractivity contribution < 1.29 is 4.79 Å². The number of carbonyl (C=O) groups is 1. The Morgan fingerprint density at radius 1 is 1.33 bits per heavy atom. The minimum Gasteiger partial charge on any atom is -0.340 e.